The van der Waals surface area contributed by atoms with Gasteiger partial charge in [-0.3, -0.25) is 19.0 Å². The predicted molar refractivity (Wildman–Crippen MR) is 69.9 cm³/mol. The van der Waals surface area contributed by atoms with Crippen molar-refractivity contribution in [2.75, 3.05) is 4.90 Å². The lowest BCUT2D eigenvalue weighted by molar-refractivity contribution is 0.0925. The minimum Gasteiger partial charge on any atom is -0.312 e. The summed E-state index contributed by atoms with van der Waals surface area (Å²) >= 11 is 0. The van der Waals surface area contributed by atoms with Crippen molar-refractivity contribution in [3.63, 3.8) is 0 Å². The first kappa shape index (κ1) is 12.1. The SMILES string of the molecule is Cn1c(=O)[nH]cc(N2C(=O)c3ccccc3C2=O)c1=O. The molecule has 20 heavy (non-hydrogen) atoms. The summed E-state index contributed by atoms with van der Waals surface area (Å²) in [6.45, 7) is 0. The summed E-state index contributed by atoms with van der Waals surface area (Å²) in [7, 11) is 1.27. The van der Waals surface area contributed by atoms with E-state index in [1.165, 1.54) is 19.2 Å². The van der Waals surface area contributed by atoms with Crippen molar-refractivity contribution in [1.82, 2.24) is 9.55 Å². The fourth-order valence-corrected chi connectivity index (χ4v) is 2.12. The van der Waals surface area contributed by atoms with Crippen LogP contribution in [0.3, 0.4) is 0 Å². The quantitative estimate of drug-likeness (QED) is 0.731. The van der Waals surface area contributed by atoms with Crippen molar-refractivity contribution in [3.8, 4) is 0 Å². The number of amides is 2. The maximum atomic E-state index is 12.2. The van der Waals surface area contributed by atoms with Gasteiger partial charge < -0.3 is 4.98 Å². The van der Waals surface area contributed by atoms with Crippen LogP contribution in [0.15, 0.2) is 40.1 Å². The van der Waals surface area contributed by atoms with E-state index in [9.17, 15) is 19.2 Å². The molecule has 7 nitrogen and oxygen atoms in total. The van der Waals surface area contributed by atoms with E-state index in [1.54, 1.807) is 12.1 Å². The third-order valence-corrected chi connectivity index (χ3v) is 3.20. The van der Waals surface area contributed by atoms with Gasteiger partial charge in [0, 0.05) is 13.2 Å². The minimum atomic E-state index is -0.705. The molecule has 0 bridgehead atoms. The molecule has 0 atom stereocenters. The Morgan fingerprint density at radius 3 is 2.05 bits per heavy atom. The molecule has 0 aliphatic carbocycles. The molecule has 1 aromatic heterocycles. The van der Waals surface area contributed by atoms with Crippen LogP contribution in [0.1, 0.15) is 20.7 Å². The smallest absolute Gasteiger partial charge is 0.312 e. The van der Waals surface area contributed by atoms with E-state index in [0.717, 1.165) is 15.7 Å². The molecule has 3 rings (SSSR count). The number of aromatic amines is 1. The van der Waals surface area contributed by atoms with E-state index in [-0.39, 0.29) is 16.8 Å². The fraction of sp³-hybridized carbons (Fsp3) is 0.0769. The lowest BCUT2D eigenvalue weighted by atomic mass is 10.1. The van der Waals surface area contributed by atoms with Gasteiger partial charge in [-0.2, -0.15) is 0 Å². The first-order valence-electron chi connectivity index (χ1n) is 5.79. The third kappa shape index (κ3) is 1.46. The zero-order valence-corrected chi connectivity index (χ0v) is 10.4. The number of H-pyrrole nitrogens is 1. The highest BCUT2D eigenvalue weighted by Crippen LogP contribution is 2.25. The van der Waals surface area contributed by atoms with E-state index in [0.29, 0.717) is 0 Å². The summed E-state index contributed by atoms with van der Waals surface area (Å²) in [5, 5.41) is 0. The number of benzene rings is 1. The molecule has 0 spiro atoms. The number of carbonyl (C=O) groups is 2. The Labute approximate surface area is 112 Å². The molecule has 0 unspecified atom stereocenters. The minimum absolute atomic E-state index is 0.168. The van der Waals surface area contributed by atoms with Gasteiger partial charge in [0.25, 0.3) is 17.4 Å². The number of hydrogen-bond donors (Lipinski definition) is 1. The highest BCUT2D eigenvalue weighted by molar-refractivity contribution is 6.34. The molecule has 0 radical (unpaired) electrons. The van der Waals surface area contributed by atoms with Crippen molar-refractivity contribution < 1.29 is 9.59 Å². The molecular weight excluding hydrogens is 262 g/mol. The molecule has 1 aliphatic rings. The summed E-state index contributed by atoms with van der Waals surface area (Å²) in [5.41, 5.74) is -1.01. The van der Waals surface area contributed by atoms with E-state index >= 15 is 0 Å². The van der Waals surface area contributed by atoms with E-state index in [1.807, 2.05) is 0 Å². The van der Waals surface area contributed by atoms with Crippen molar-refractivity contribution in [1.29, 1.82) is 0 Å². The highest BCUT2D eigenvalue weighted by Gasteiger charge is 2.37. The summed E-state index contributed by atoms with van der Waals surface area (Å²) in [4.78, 5) is 50.9. The van der Waals surface area contributed by atoms with E-state index in [2.05, 4.69) is 4.98 Å². The Morgan fingerprint density at radius 1 is 0.950 bits per heavy atom. The van der Waals surface area contributed by atoms with Crippen LogP contribution in [-0.4, -0.2) is 21.4 Å². The molecule has 1 N–H and O–H groups in total. The van der Waals surface area contributed by atoms with Crippen LogP contribution in [0.25, 0.3) is 0 Å². The molecule has 0 saturated heterocycles. The zero-order valence-electron chi connectivity index (χ0n) is 10.4. The number of fused-ring (bicyclic) bond motifs is 1. The average Bonchev–Trinajstić information content (AvgIpc) is 2.70. The van der Waals surface area contributed by atoms with Crippen LogP contribution < -0.4 is 16.1 Å². The van der Waals surface area contributed by atoms with Crippen LogP contribution in [0, 0.1) is 0 Å². The monoisotopic (exact) mass is 271 g/mol. The molecule has 100 valence electrons. The maximum Gasteiger partial charge on any atom is 0.328 e. The molecule has 1 aliphatic heterocycles. The fourth-order valence-electron chi connectivity index (χ4n) is 2.12. The Kier molecular flexibility index (Phi) is 2.43. The topological polar surface area (TPSA) is 92.2 Å². The Balaban J connectivity index is 2.22. The van der Waals surface area contributed by atoms with Crippen molar-refractivity contribution >= 4 is 17.5 Å². The first-order chi connectivity index (χ1) is 9.52. The van der Waals surface area contributed by atoms with Gasteiger partial charge in [0.1, 0.15) is 5.69 Å². The normalized spacial score (nSPS) is 13.8. The molecule has 2 heterocycles. The van der Waals surface area contributed by atoms with Gasteiger partial charge in [-0.05, 0) is 12.1 Å². The molecular formula is C13H9N3O4. The Hall–Kier alpha value is -2.96. The lowest BCUT2D eigenvalue weighted by Gasteiger charge is -2.12. The number of carbonyl (C=O) groups excluding carboxylic acids is 2. The second kappa shape index (κ2) is 4.02. The van der Waals surface area contributed by atoms with Crippen molar-refractivity contribution in [3.05, 3.63) is 62.4 Å². The van der Waals surface area contributed by atoms with Gasteiger partial charge in [0.2, 0.25) is 0 Å². The van der Waals surface area contributed by atoms with Gasteiger partial charge in [-0.25, -0.2) is 9.69 Å². The van der Waals surface area contributed by atoms with Crippen LogP contribution in [0.5, 0.6) is 0 Å². The number of rotatable bonds is 1. The second-order valence-corrected chi connectivity index (χ2v) is 4.33. The van der Waals surface area contributed by atoms with Crippen LogP contribution in [-0.2, 0) is 7.05 Å². The van der Waals surface area contributed by atoms with Gasteiger partial charge in [-0.15, -0.1) is 0 Å². The Morgan fingerprint density at radius 2 is 1.50 bits per heavy atom. The predicted octanol–water partition coefficient (Wildman–Crippen LogP) is -0.126. The van der Waals surface area contributed by atoms with Gasteiger partial charge >= 0.3 is 5.69 Å². The number of imide groups is 1. The molecule has 2 aromatic rings. The van der Waals surface area contributed by atoms with Gasteiger partial charge in [-0.1, -0.05) is 12.1 Å². The number of nitrogens with one attached hydrogen (secondary N) is 1. The van der Waals surface area contributed by atoms with E-state index < -0.39 is 23.1 Å². The molecule has 0 fully saturated rings. The molecule has 1 aromatic carbocycles. The van der Waals surface area contributed by atoms with Crippen LogP contribution in [0.2, 0.25) is 0 Å². The van der Waals surface area contributed by atoms with E-state index in [4.69, 9.17) is 0 Å². The first-order valence-corrected chi connectivity index (χ1v) is 5.79. The van der Waals surface area contributed by atoms with Gasteiger partial charge in [0.15, 0.2) is 0 Å². The third-order valence-electron chi connectivity index (χ3n) is 3.20. The maximum absolute atomic E-state index is 12.2. The van der Waals surface area contributed by atoms with Gasteiger partial charge in [0.05, 0.1) is 11.1 Å². The summed E-state index contributed by atoms with van der Waals surface area (Å²) in [5.74, 6) is -1.15. The molecule has 7 heteroatoms. The second-order valence-electron chi connectivity index (χ2n) is 4.33. The van der Waals surface area contributed by atoms with Crippen molar-refractivity contribution in [2.45, 2.75) is 0 Å². The zero-order chi connectivity index (χ0) is 14.4. The van der Waals surface area contributed by atoms with Crippen LogP contribution in [0.4, 0.5) is 5.69 Å². The largest absolute Gasteiger partial charge is 0.328 e. The summed E-state index contributed by atoms with van der Waals surface area (Å²) in [6.07, 6.45) is 1.08. The molecule has 0 saturated carbocycles. The average molecular weight is 271 g/mol. The number of hydrogen-bond acceptors (Lipinski definition) is 4. The lowest BCUT2D eigenvalue weighted by Crippen LogP contribution is -2.40. The number of nitrogens with zero attached hydrogens (tertiary/aromatic N) is 2. The highest BCUT2D eigenvalue weighted by atomic mass is 16.2. The molecule has 2 amide bonds. The number of anilines is 1. The number of aromatic nitrogens is 2. The van der Waals surface area contributed by atoms with Crippen LogP contribution >= 0.6 is 0 Å². The summed E-state index contributed by atoms with van der Waals surface area (Å²) in [6, 6.07) is 6.31. The standard InChI is InChI=1S/C13H9N3O4/c1-15-12(19)9(6-14-13(15)20)16-10(17)7-4-2-3-5-8(7)11(16)18/h2-6H,1H3,(H,14,20). The Bertz CT molecular complexity index is 827. The van der Waals surface area contributed by atoms with Crippen molar-refractivity contribution in [2.24, 2.45) is 7.05 Å². The summed E-state index contributed by atoms with van der Waals surface area (Å²) < 4.78 is 0.804.